The number of ether oxygens (including phenoxy) is 5. The fourth-order valence-electron chi connectivity index (χ4n) is 4.22. The Morgan fingerprint density at radius 3 is 2.18 bits per heavy atom. The number of imidazole rings is 1. The summed E-state index contributed by atoms with van der Waals surface area (Å²) >= 11 is 0. The average molecular weight is 520 g/mol. The summed E-state index contributed by atoms with van der Waals surface area (Å²) in [6.45, 7) is 1.63. The molecular formula is C29H33N3O6. The Labute approximate surface area is 222 Å². The molecule has 0 aliphatic heterocycles. The molecule has 1 heterocycles. The maximum atomic E-state index is 13.0. The van der Waals surface area contributed by atoms with Crippen LogP contribution in [-0.4, -0.2) is 50.5 Å². The van der Waals surface area contributed by atoms with Gasteiger partial charge in [-0.3, -0.25) is 4.79 Å². The molecule has 0 radical (unpaired) electrons. The van der Waals surface area contributed by atoms with Gasteiger partial charge in [0.05, 0.1) is 52.6 Å². The van der Waals surface area contributed by atoms with Crippen LogP contribution in [0.1, 0.15) is 29.0 Å². The number of benzene rings is 3. The van der Waals surface area contributed by atoms with Crippen LogP contribution in [0.15, 0.2) is 60.7 Å². The number of unbranched alkanes of at least 4 members (excludes halogenated alkanes) is 1. The first-order valence-electron chi connectivity index (χ1n) is 12.4. The summed E-state index contributed by atoms with van der Waals surface area (Å²) in [4.78, 5) is 17.8. The van der Waals surface area contributed by atoms with Crippen molar-refractivity contribution in [3.8, 4) is 28.7 Å². The zero-order chi connectivity index (χ0) is 26.9. The second-order valence-corrected chi connectivity index (χ2v) is 8.50. The lowest BCUT2D eigenvalue weighted by Gasteiger charge is -2.14. The molecule has 0 aliphatic carbocycles. The number of rotatable bonds is 13. The second kappa shape index (κ2) is 12.7. The van der Waals surface area contributed by atoms with Gasteiger partial charge in [-0.2, -0.15) is 0 Å². The normalized spacial score (nSPS) is 10.7. The number of fused-ring (bicyclic) bond motifs is 1. The van der Waals surface area contributed by atoms with Gasteiger partial charge < -0.3 is 33.6 Å². The van der Waals surface area contributed by atoms with Crippen LogP contribution in [0.2, 0.25) is 0 Å². The number of methoxy groups -OCH3 is 4. The van der Waals surface area contributed by atoms with E-state index in [0.717, 1.165) is 47.7 Å². The van der Waals surface area contributed by atoms with Crippen LogP contribution in [0.3, 0.4) is 0 Å². The smallest absolute Gasteiger partial charge is 0.251 e. The van der Waals surface area contributed by atoms with E-state index >= 15 is 0 Å². The van der Waals surface area contributed by atoms with Crippen LogP contribution < -0.4 is 29.0 Å². The predicted octanol–water partition coefficient (Wildman–Crippen LogP) is 4.86. The number of nitrogens with zero attached hydrogens (tertiary/aromatic N) is 2. The van der Waals surface area contributed by atoms with Crippen molar-refractivity contribution >= 4 is 16.9 Å². The molecular weight excluding hydrogens is 486 g/mol. The molecule has 0 bridgehead atoms. The Balaban J connectivity index is 1.40. The third-order valence-electron chi connectivity index (χ3n) is 6.17. The Morgan fingerprint density at radius 2 is 1.53 bits per heavy atom. The van der Waals surface area contributed by atoms with Gasteiger partial charge in [0, 0.05) is 12.1 Å². The summed E-state index contributed by atoms with van der Waals surface area (Å²) in [6.07, 6.45) is 1.76. The topological polar surface area (TPSA) is 93.1 Å². The van der Waals surface area contributed by atoms with Crippen LogP contribution in [0.25, 0.3) is 11.0 Å². The Hall–Kier alpha value is -4.40. The highest BCUT2D eigenvalue weighted by atomic mass is 16.5. The van der Waals surface area contributed by atoms with Crippen LogP contribution in [0.4, 0.5) is 0 Å². The number of aryl methyl sites for hydroxylation is 1. The van der Waals surface area contributed by atoms with Crippen molar-refractivity contribution in [2.45, 2.75) is 25.9 Å². The molecule has 0 saturated carbocycles. The number of amides is 1. The van der Waals surface area contributed by atoms with E-state index in [1.807, 2.05) is 48.5 Å². The summed E-state index contributed by atoms with van der Waals surface area (Å²) in [5.41, 5.74) is 2.32. The average Bonchev–Trinajstić information content (AvgIpc) is 3.32. The lowest BCUT2D eigenvalue weighted by Crippen LogP contribution is -2.25. The number of para-hydroxylation sites is 2. The third kappa shape index (κ3) is 6.11. The Kier molecular flexibility index (Phi) is 8.92. The highest BCUT2D eigenvalue weighted by Gasteiger charge is 2.18. The first kappa shape index (κ1) is 26.7. The molecule has 0 spiro atoms. The van der Waals surface area contributed by atoms with Gasteiger partial charge in [-0.1, -0.05) is 12.1 Å². The number of hydrogen-bond donors (Lipinski definition) is 1. The van der Waals surface area contributed by atoms with Gasteiger partial charge in [0.2, 0.25) is 5.75 Å². The van der Waals surface area contributed by atoms with Crippen molar-refractivity contribution in [2.24, 2.45) is 0 Å². The SMILES string of the molecule is COc1ccc(OCCCCn2c(CNC(=O)c3cc(OC)c(OC)c(OC)c3)nc3ccccc32)cc1. The first-order chi connectivity index (χ1) is 18.6. The standard InChI is InChI=1S/C29H33N3O6/c1-34-21-11-13-22(14-12-21)38-16-8-7-15-32-24-10-6-5-9-23(24)31-27(32)19-30-29(33)20-17-25(35-2)28(37-4)26(18-20)36-3/h5-6,9-14,17-18H,7-8,15-16,19H2,1-4H3,(H,30,33). The van der Waals surface area contributed by atoms with Crippen molar-refractivity contribution < 1.29 is 28.5 Å². The van der Waals surface area contributed by atoms with E-state index in [1.54, 1.807) is 19.2 Å². The van der Waals surface area contributed by atoms with Crippen molar-refractivity contribution in [2.75, 3.05) is 35.0 Å². The molecule has 38 heavy (non-hydrogen) atoms. The maximum Gasteiger partial charge on any atom is 0.251 e. The van der Waals surface area contributed by atoms with Gasteiger partial charge in [-0.05, 0) is 61.4 Å². The van der Waals surface area contributed by atoms with Gasteiger partial charge in [0.1, 0.15) is 17.3 Å². The van der Waals surface area contributed by atoms with Gasteiger partial charge in [0.25, 0.3) is 5.91 Å². The molecule has 4 aromatic rings. The van der Waals surface area contributed by atoms with E-state index in [1.165, 1.54) is 21.3 Å². The highest BCUT2D eigenvalue weighted by Crippen LogP contribution is 2.38. The minimum atomic E-state index is -0.268. The van der Waals surface area contributed by atoms with Gasteiger partial charge in [-0.25, -0.2) is 4.98 Å². The fraction of sp³-hybridized carbons (Fsp3) is 0.310. The quantitative estimate of drug-likeness (QED) is 0.252. The van der Waals surface area contributed by atoms with E-state index in [0.29, 0.717) is 29.4 Å². The molecule has 0 saturated heterocycles. The molecule has 4 rings (SSSR count). The summed E-state index contributed by atoms with van der Waals surface area (Å²) in [5.74, 6) is 3.40. The molecule has 0 aliphatic rings. The fourth-order valence-corrected chi connectivity index (χ4v) is 4.22. The summed E-state index contributed by atoms with van der Waals surface area (Å²) in [5, 5.41) is 2.98. The number of nitrogens with one attached hydrogen (secondary N) is 1. The van der Waals surface area contributed by atoms with Crippen molar-refractivity contribution in [3.63, 3.8) is 0 Å². The molecule has 1 aromatic heterocycles. The zero-order valence-corrected chi connectivity index (χ0v) is 22.2. The molecule has 9 nitrogen and oxygen atoms in total. The predicted molar refractivity (Wildman–Crippen MR) is 145 cm³/mol. The molecule has 3 aromatic carbocycles. The largest absolute Gasteiger partial charge is 0.497 e. The van der Waals surface area contributed by atoms with Crippen molar-refractivity contribution in [1.82, 2.24) is 14.9 Å². The lowest BCUT2D eigenvalue weighted by molar-refractivity contribution is 0.0948. The van der Waals surface area contributed by atoms with Crippen LogP contribution in [0.5, 0.6) is 28.7 Å². The van der Waals surface area contributed by atoms with Crippen molar-refractivity contribution in [1.29, 1.82) is 0 Å². The summed E-state index contributed by atoms with van der Waals surface area (Å²) in [7, 11) is 6.20. The number of hydrogen-bond acceptors (Lipinski definition) is 7. The Morgan fingerprint density at radius 1 is 0.842 bits per heavy atom. The third-order valence-corrected chi connectivity index (χ3v) is 6.17. The highest BCUT2D eigenvalue weighted by molar-refractivity contribution is 5.95. The molecule has 9 heteroatoms. The molecule has 200 valence electrons. The maximum absolute atomic E-state index is 13.0. The van der Waals surface area contributed by atoms with Gasteiger partial charge in [-0.15, -0.1) is 0 Å². The summed E-state index contributed by atoms with van der Waals surface area (Å²) in [6, 6.07) is 18.8. The first-order valence-corrected chi connectivity index (χ1v) is 12.4. The minimum Gasteiger partial charge on any atom is -0.497 e. The van der Waals surface area contributed by atoms with E-state index in [2.05, 4.69) is 9.88 Å². The number of aromatic nitrogens is 2. The number of carbonyl (C=O) groups is 1. The molecule has 0 unspecified atom stereocenters. The summed E-state index contributed by atoms with van der Waals surface area (Å²) < 4.78 is 29.3. The molecule has 1 amide bonds. The van der Waals surface area contributed by atoms with Crippen LogP contribution in [0, 0.1) is 0 Å². The van der Waals surface area contributed by atoms with E-state index in [9.17, 15) is 4.79 Å². The van der Waals surface area contributed by atoms with Gasteiger partial charge >= 0.3 is 0 Å². The number of carbonyl (C=O) groups excluding carboxylic acids is 1. The lowest BCUT2D eigenvalue weighted by atomic mass is 10.1. The van der Waals surface area contributed by atoms with Crippen LogP contribution >= 0.6 is 0 Å². The molecule has 0 fully saturated rings. The zero-order valence-electron chi connectivity index (χ0n) is 22.2. The Bertz CT molecular complexity index is 1340. The van der Waals surface area contributed by atoms with Crippen LogP contribution in [-0.2, 0) is 13.1 Å². The monoisotopic (exact) mass is 519 g/mol. The van der Waals surface area contributed by atoms with E-state index in [4.69, 9.17) is 28.7 Å². The van der Waals surface area contributed by atoms with E-state index in [-0.39, 0.29) is 12.5 Å². The second-order valence-electron chi connectivity index (χ2n) is 8.50. The molecule has 1 N–H and O–H groups in total. The minimum absolute atomic E-state index is 0.268. The van der Waals surface area contributed by atoms with E-state index < -0.39 is 0 Å². The van der Waals surface area contributed by atoms with Gasteiger partial charge in [0.15, 0.2) is 11.5 Å². The molecule has 0 atom stereocenters. The van der Waals surface area contributed by atoms with Crippen molar-refractivity contribution in [3.05, 3.63) is 72.1 Å².